The molecule has 1 aliphatic rings. The van der Waals surface area contributed by atoms with Gasteiger partial charge in [0, 0.05) is 0 Å². The van der Waals surface area contributed by atoms with Crippen molar-refractivity contribution in [3.8, 4) is 0 Å². The minimum atomic E-state index is -0.906. The fraction of sp³-hybridized carbons (Fsp3) is 0.0741. The van der Waals surface area contributed by atoms with Crippen LogP contribution in [-0.2, 0) is 14.5 Å². The van der Waals surface area contributed by atoms with Gasteiger partial charge in [-0.1, -0.05) is 131 Å². The van der Waals surface area contributed by atoms with Gasteiger partial charge in [-0.3, -0.25) is 4.79 Å². The molecule has 0 saturated heterocycles. The van der Waals surface area contributed by atoms with E-state index in [-0.39, 0.29) is 5.78 Å². The van der Waals surface area contributed by atoms with E-state index in [9.17, 15) is 4.79 Å². The number of Topliss-reactive ketones (excluding diaryl/α,β-unsaturated/α-hetero) is 1. The predicted octanol–water partition coefficient (Wildman–Crippen LogP) is 6.24. The molecule has 1 unspecified atom stereocenters. The molecule has 0 radical (unpaired) electrons. The van der Waals surface area contributed by atoms with Crippen molar-refractivity contribution in [3.05, 3.63) is 143 Å². The highest BCUT2D eigenvalue weighted by Crippen LogP contribution is 2.58. The van der Waals surface area contributed by atoms with E-state index in [0.717, 1.165) is 27.8 Å². The molecule has 29 heavy (non-hydrogen) atoms. The van der Waals surface area contributed by atoms with E-state index in [0.29, 0.717) is 0 Å². The number of hydrogen-bond donors (Lipinski definition) is 0. The third kappa shape index (κ3) is 2.42. The number of benzene rings is 4. The van der Waals surface area contributed by atoms with Gasteiger partial charge in [-0.15, -0.1) is 0 Å². The average Bonchev–Trinajstić information content (AvgIpc) is 3.01. The number of carbonyl (C=O) groups is 1. The van der Waals surface area contributed by atoms with Crippen LogP contribution in [0.4, 0.5) is 0 Å². The molecule has 1 atom stereocenters. The van der Waals surface area contributed by atoms with Gasteiger partial charge in [0.05, 0.1) is 0 Å². The Hall–Kier alpha value is -2.97. The third-order valence-corrected chi connectivity index (χ3v) is 7.19. The molecule has 0 spiro atoms. The third-order valence-electron chi connectivity index (χ3n) is 5.94. The molecule has 0 saturated carbocycles. The second-order valence-corrected chi connectivity index (χ2v) is 8.57. The standard InChI is InChI=1S/C27H19BrO/c28-27(22-16-8-3-9-17-22)24-19-11-10-18-23(24)26(25(27)29,20-12-4-1-5-13-20)21-14-6-2-7-15-21/h1-19H. The molecule has 0 aliphatic heterocycles. The maximum Gasteiger partial charge on any atom is 0.177 e. The molecular formula is C27H19BrO. The Bertz CT molecular complexity index is 1130. The SMILES string of the molecule is O=C1C(Br)(c2ccccc2)c2ccccc2C1(c1ccccc1)c1ccccc1. The highest BCUT2D eigenvalue weighted by molar-refractivity contribution is 9.10. The highest BCUT2D eigenvalue weighted by Gasteiger charge is 2.61. The molecule has 4 aromatic rings. The summed E-state index contributed by atoms with van der Waals surface area (Å²) in [6.45, 7) is 0. The van der Waals surface area contributed by atoms with Crippen molar-refractivity contribution >= 4 is 21.7 Å². The van der Waals surface area contributed by atoms with Crippen LogP contribution in [-0.4, -0.2) is 5.78 Å². The van der Waals surface area contributed by atoms with Gasteiger partial charge in [-0.25, -0.2) is 0 Å². The van der Waals surface area contributed by atoms with Crippen molar-refractivity contribution in [3.63, 3.8) is 0 Å². The molecule has 0 amide bonds. The molecule has 1 nitrogen and oxygen atoms in total. The predicted molar refractivity (Wildman–Crippen MR) is 120 cm³/mol. The summed E-state index contributed by atoms with van der Waals surface area (Å²) < 4.78 is -0.906. The summed E-state index contributed by atoms with van der Waals surface area (Å²) in [4.78, 5) is 14.6. The number of carbonyl (C=O) groups excluding carboxylic acids is 1. The van der Waals surface area contributed by atoms with Crippen LogP contribution < -0.4 is 0 Å². The molecular weight excluding hydrogens is 420 g/mol. The van der Waals surface area contributed by atoms with Crippen molar-refractivity contribution in [1.82, 2.24) is 0 Å². The Morgan fingerprint density at radius 1 is 0.483 bits per heavy atom. The first kappa shape index (κ1) is 18.1. The minimum Gasteiger partial charge on any atom is -0.296 e. The number of hydrogen-bond acceptors (Lipinski definition) is 1. The largest absolute Gasteiger partial charge is 0.296 e. The van der Waals surface area contributed by atoms with Crippen molar-refractivity contribution in [2.45, 2.75) is 9.74 Å². The van der Waals surface area contributed by atoms with E-state index in [1.165, 1.54) is 0 Å². The van der Waals surface area contributed by atoms with Crippen LogP contribution in [0.2, 0.25) is 0 Å². The summed E-state index contributed by atoms with van der Waals surface area (Å²) in [5.41, 5.74) is 4.08. The Labute approximate surface area is 179 Å². The van der Waals surface area contributed by atoms with Crippen molar-refractivity contribution in [2.24, 2.45) is 0 Å². The lowest BCUT2D eigenvalue weighted by Gasteiger charge is -2.32. The van der Waals surface area contributed by atoms with E-state index in [4.69, 9.17) is 0 Å². The van der Waals surface area contributed by atoms with Crippen LogP contribution >= 0.6 is 15.9 Å². The summed E-state index contributed by atoms with van der Waals surface area (Å²) >= 11 is 3.94. The van der Waals surface area contributed by atoms with Crippen LogP contribution in [0.1, 0.15) is 27.8 Å². The molecule has 0 N–H and O–H groups in total. The summed E-state index contributed by atoms with van der Waals surface area (Å²) in [5.74, 6) is 0.120. The highest BCUT2D eigenvalue weighted by atomic mass is 79.9. The van der Waals surface area contributed by atoms with E-state index in [1.807, 2.05) is 78.9 Å². The Morgan fingerprint density at radius 3 is 1.34 bits per heavy atom. The lowest BCUT2D eigenvalue weighted by Crippen LogP contribution is -2.41. The molecule has 1 aliphatic carbocycles. The topological polar surface area (TPSA) is 17.1 Å². The van der Waals surface area contributed by atoms with Gasteiger partial charge in [0.2, 0.25) is 0 Å². The van der Waals surface area contributed by atoms with E-state index < -0.39 is 9.74 Å². The average molecular weight is 439 g/mol. The molecule has 2 heteroatoms. The van der Waals surface area contributed by atoms with Gasteiger partial charge >= 0.3 is 0 Å². The fourth-order valence-corrected chi connectivity index (χ4v) is 5.59. The monoisotopic (exact) mass is 438 g/mol. The van der Waals surface area contributed by atoms with Crippen LogP contribution in [0.25, 0.3) is 0 Å². The zero-order valence-corrected chi connectivity index (χ0v) is 17.3. The molecule has 0 heterocycles. The number of rotatable bonds is 3. The number of fused-ring (bicyclic) bond motifs is 1. The first-order chi connectivity index (χ1) is 14.2. The molecule has 5 rings (SSSR count). The lowest BCUT2D eigenvalue weighted by molar-refractivity contribution is -0.122. The summed E-state index contributed by atoms with van der Waals surface area (Å²) in [6, 6.07) is 38.5. The minimum absolute atomic E-state index is 0.120. The van der Waals surface area contributed by atoms with Crippen molar-refractivity contribution in [1.29, 1.82) is 0 Å². The second-order valence-electron chi connectivity index (χ2n) is 7.38. The van der Waals surface area contributed by atoms with Gasteiger partial charge in [0.25, 0.3) is 0 Å². The van der Waals surface area contributed by atoms with Gasteiger partial charge in [0.15, 0.2) is 5.78 Å². The fourth-order valence-electron chi connectivity index (χ4n) is 4.68. The van der Waals surface area contributed by atoms with E-state index in [2.05, 4.69) is 52.3 Å². The van der Waals surface area contributed by atoms with Gasteiger partial charge in [0.1, 0.15) is 9.74 Å². The maximum absolute atomic E-state index is 14.6. The Kier molecular flexibility index (Phi) is 4.25. The zero-order chi connectivity index (χ0) is 19.9. The van der Waals surface area contributed by atoms with Gasteiger partial charge < -0.3 is 0 Å². The smallest absolute Gasteiger partial charge is 0.177 e. The first-order valence-corrected chi connectivity index (χ1v) is 10.5. The molecule has 140 valence electrons. The first-order valence-electron chi connectivity index (χ1n) is 9.70. The van der Waals surface area contributed by atoms with Crippen LogP contribution in [0.15, 0.2) is 115 Å². The maximum atomic E-state index is 14.6. The van der Waals surface area contributed by atoms with Crippen LogP contribution in [0.3, 0.4) is 0 Å². The van der Waals surface area contributed by atoms with Crippen LogP contribution in [0.5, 0.6) is 0 Å². The Balaban J connectivity index is 1.92. The summed E-state index contributed by atoms with van der Waals surface area (Å²) in [6.07, 6.45) is 0. The lowest BCUT2D eigenvalue weighted by atomic mass is 9.69. The van der Waals surface area contributed by atoms with Gasteiger partial charge in [-0.2, -0.15) is 0 Å². The van der Waals surface area contributed by atoms with E-state index in [1.54, 1.807) is 0 Å². The second kappa shape index (κ2) is 6.82. The normalized spacial score (nSPS) is 19.7. The summed E-state index contributed by atoms with van der Waals surface area (Å²) in [5, 5.41) is 0. The quantitative estimate of drug-likeness (QED) is 0.345. The molecule has 4 aromatic carbocycles. The zero-order valence-electron chi connectivity index (χ0n) is 15.8. The summed E-state index contributed by atoms with van der Waals surface area (Å²) in [7, 11) is 0. The van der Waals surface area contributed by atoms with E-state index >= 15 is 0 Å². The number of ketones is 1. The van der Waals surface area contributed by atoms with Crippen LogP contribution in [0, 0.1) is 0 Å². The van der Waals surface area contributed by atoms with Crippen molar-refractivity contribution in [2.75, 3.05) is 0 Å². The van der Waals surface area contributed by atoms with Crippen molar-refractivity contribution < 1.29 is 4.79 Å². The molecule has 0 aromatic heterocycles. The molecule has 0 fully saturated rings. The number of alkyl halides is 1. The Morgan fingerprint density at radius 2 is 0.862 bits per heavy atom. The number of halogens is 1. The van der Waals surface area contributed by atoms with Gasteiger partial charge in [-0.05, 0) is 27.8 Å². The molecule has 0 bridgehead atoms.